The number of para-hydroxylation sites is 1. The first-order chi connectivity index (χ1) is 8.52. The van der Waals surface area contributed by atoms with Gasteiger partial charge in [-0.25, -0.2) is 0 Å². The molecule has 1 unspecified atom stereocenters. The average molecular weight is 247 g/mol. The molecule has 3 nitrogen and oxygen atoms in total. The minimum absolute atomic E-state index is 0.0780. The largest absolute Gasteiger partial charge is 0.492 e. The molecule has 1 aromatic rings. The van der Waals surface area contributed by atoms with Crippen LogP contribution in [0.15, 0.2) is 24.3 Å². The second-order valence-corrected chi connectivity index (χ2v) is 5.55. The van der Waals surface area contributed by atoms with E-state index in [4.69, 9.17) is 4.74 Å². The second kappa shape index (κ2) is 5.01. The Morgan fingerprint density at radius 1 is 1.44 bits per heavy atom. The van der Waals surface area contributed by atoms with Crippen LogP contribution in [-0.4, -0.2) is 18.1 Å². The van der Waals surface area contributed by atoms with E-state index >= 15 is 0 Å². The molecule has 0 fully saturated rings. The van der Waals surface area contributed by atoms with E-state index < -0.39 is 0 Å². The van der Waals surface area contributed by atoms with Crippen molar-refractivity contribution in [3.8, 4) is 5.75 Å². The summed E-state index contributed by atoms with van der Waals surface area (Å²) in [5, 5.41) is 3.09. The number of rotatable bonds is 3. The van der Waals surface area contributed by atoms with Crippen LogP contribution >= 0.6 is 0 Å². The van der Waals surface area contributed by atoms with Gasteiger partial charge >= 0.3 is 0 Å². The van der Waals surface area contributed by atoms with Crippen molar-refractivity contribution in [3.63, 3.8) is 0 Å². The molecule has 1 aromatic carbocycles. The molecular formula is C15H21NO2. The van der Waals surface area contributed by atoms with Crippen LogP contribution < -0.4 is 10.1 Å². The molecule has 2 rings (SSSR count). The van der Waals surface area contributed by atoms with Gasteiger partial charge in [0.15, 0.2) is 0 Å². The molecule has 1 N–H and O–H groups in total. The summed E-state index contributed by atoms with van der Waals surface area (Å²) in [5.74, 6) is 0.929. The fourth-order valence-corrected chi connectivity index (χ4v) is 2.02. The minimum atomic E-state index is -0.145. The highest BCUT2D eigenvalue weighted by Crippen LogP contribution is 2.27. The normalized spacial score (nSPS) is 18.7. The molecule has 0 bridgehead atoms. The first-order valence-corrected chi connectivity index (χ1v) is 6.54. The Labute approximate surface area is 109 Å². The number of carbonyl (C=O) groups excluding carboxylic acids is 1. The lowest BCUT2D eigenvalue weighted by Crippen LogP contribution is -2.47. The molecule has 0 aromatic heterocycles. The van der Waals surface area contributed by atoms with Gasteiger partial charge in [-0.05, 0) is 38.3 Å². The van der Waals surface area contributed by atoms with Gasteiger partial charge in [0.05, 0.1) is 5.92 Å². The molecule has 98 valence electrons. The maximum absolute atomic E-state index is 12.2. The Balaban J connectivity index is 2.03. The molecule has 1 aliphatic rings. The van der Waals surface area contributed by atoms with Crippen molar-refractivity contribution < 1.29 is 9.53 Å². The molecule has 0 radical (unpaired) electrons. The molecular weight excluding hydrogens is 226 g/mol. The van der Waals surface area contributed by atoms with Gasteiger partial charge in [0.25, 0.3) is 0 Å². The van der Waals surface area contributed by atoms with E-state index in [1.54, 1.807) is 0 Å². The lowest BCUT2D eigenvalue weighted by atomic mass is 9.94. The summed E-state index contributed by atoms with van der Waals surface area (Å²) >= 11 is 0. The van der Waals surface area contributed by atoms with E-state index in [2.05, 4.69) is 12.2 Å². The molecule has 1 atom stereocenters. The Morgan fingerprint density at radius 2 is 2.17 bits per heavy atom. The SMILES string of the molecule is CCC(C)(C)NC(=O)C1COc2ccccc2C1. The molecule has 0 saturated carbocycles. The number of carbonyl (C=O) groups is 1. The fourth-order valence-electron chi connectivity index (χ4n) is 2.02. The Kier molecular flexibility index (Phi) is 3.60. The summed E-state index contributed by atoms with van der Waals surface area (Å²) in [5.41, 5.74) is 0.979. The number of fused-ring (bicyclic) bond motifs is 1. The van der Waals surface area contributed by atoms with E-state index in [0.29, 0.717) is 6.61 Å². The van der Waals surface area contributed by atoms with Crippen LogP contribution in [0, 0.1) is 5.92 Å². The maximum Gasteiger partial charge on any atom is 0.227 e. The minimum Gasteiger partial charge on any atom is -0.492 e. The third-order valence-corrected chi connectivity index (χ3v) is 3.60. The third-order valence-electron chi connectivity index (χ3n) is 3.60. The molecule has 0 aliphatic carbocycles. The van der Waals surface area contributed by atoms with Crippen molar-refractivity contribution in [2.24, 2.45) is 5.92 Å². The zero-order valence-electron chi connectivity index (χ0n) is 11.3. The van der Waals surface area contributed by atoms with E-state index in [9.17, 15) is 4.79 Å². The van der Waals surface area contributed by atoms with Crippen LogP contribution in [0.25, 0.3) is 0 Å². The Hall–Kier alpha value is -1.51. The van der Waals surface area contributed by atoms with Crippen molar-refractivity contribution in [1.82, 2.24) is 5.32 Å². The van der Waals surface area contributed by atoms with Crippen molar-refractivity contribution in [1.29, 1.82) is 0 Å². The lowest BCUT2D eigenvalue weighted by molar-refractivity contribution is -0.128. The van der Waals surface area contributed by atoms with Gasteiger partial charge in [-0.15, -0.1) is 0 Å². The topological polar surface area (TPSA) is 38.3 Å². The van der Waals surface area contributed by atoms with Crippen LogP contribution in [-0.2, 0) is 11.2 Å². The van der Waals surface area contributed by atoms with Gasteiger partial charge in [-0.2, -0.15) is 0 Å². The highest BCUT2D eigenvalue weighted by molar-refractivity contribution is 5.80. The van der Waals surface area contributed by atoms with Gasteiger partial charge in [-0.3, -0.25) is 4.79 Å². The standard InChI is InChI=1S/C15H21NO2/c1-4-15(2,3)16-14(17)12-9-11-7-5-6-8-13(11)18-10-12/h5-8,12H,4,9-10H2,1-3H3,(H,16,17). The van der Waals surface area contributed by atoms with Gasteiger partial charge in [0.2, 0.25) is 5.91 Å². The smallest absolute Gasteiger partial charge is 0.227 e. The van der Waals surface area contributed by atoms with Crippen molar-refractivity contribution in [2.75, 3.05) is 6.61 Å². The van der Waals surface area contributed by atoms with E-state index in [1.807, 2.05) is 38.1 Å². The van der Waals surface area contributed by atoms with Crippen LogP contribution in [0.4, 0.5) is 0 Å². The molecule has 1 aliphatic heterocycles. The summed E-state index contributed by atoms with van der Waals surface area (Å²) in [6.07, 6.45) is 1.69. The molecule has 1 heterocycles. The van der Waals surface area contributed by atoms with Crippen molar-refractivity contribution in [2.45, 2.75) is 39.2 Å². The highest BCUT2D eigenvalue weighted by Gasteiger charge is 2.28. The zero-order valence-corrected chi connectivity index (χ0v) is 11.3. The van der Waals surface area contributed by atoms with Crippen molar-refractivity contribution >= 4 is 5.91 Å². The second-order valence-electron chi connectivity index (χ2n) is 5.55. The average Bonchev–Trinajstić information content (AvgIpc) is 2.37. The number of ether oxygens (including phenoxy) is 1. The summed E-state index contributed by atoms with van der Waals surface area (Å²) in [6.45, 7) is 6.64. The van der Waals surface area contributed by atoms with Gasteiger partial charge in [-0.1, -0.05) is 25.1 Å². The molecule has 0 spiro atoms. The number of hydrogen-bond donors (Lipinski definition) is 1. The first-order valence-electron chi connectivity index (χ1n) is 6.54. The molecule has 3 heteroatoms. The van der Waals surface area contributed by atoms with Gasteiger partial charge in [0.1, 0.15) is 12.4 Å². The molecule has 0 saturated heterocycles. The van der Waals surface area contributed by atoms with E-state index in [1.165, 1.54) is 0 Å². The number of hydrogen-bond acceptors (Lipinski definition) is 2. The predicted octanol–water partition coefficient (Wildman–Crippen LogP) is 2.54. The molecule has 18 heavy (non-hydrogen) atoms. The summed E-state index contributed by atoms with van der Waals surface area (Å²) < 4.78 is 5.64. The Morgan fingerprint density at radius 3 is 2.89 bits per heavy atom. The lowest BCUT2D eigenvalue weighted by Gasteiger charge is -2.30. The van der Waals surface area contributed by atoms with Crippen LogP contribution in [0.1, 0.15) is 32.8 Å². The quantitative estimate of drug-likeness (QED) is 0.891. The maximum atomic E-state index is 12.2. The zero-order chi connectivity index (χ0) is 13.2. The van der Waals surface area contributed by atoms with Crippen molar-refractivity contribution in [3.05, 3.63) is 29.8 Å². The Bertz CT molecular complexity index is 440. The monoisotopic (exact) mass is 247 g/mol. The highest BCUT2D eigenvalue weighted by atomic mass is 16.5. The van der Waals surface area contributed by atoms with E-state index in [0.717, 1.165) is 24.2 Å². The third kappa shape index (κ3) is 2.84. The van der Waals surface area contributed by atoms with E-state index in [-0.39, 0.29) is 17.4 Å². The number of nitrogens with one attached hydrogen (secondary N) is 1. The first kappa shape index (κ1) is 12.9. The van der Waals surface area contributed by atoms with Gasteiger partial charge < -0.3 is 10.1 Å². The number of benzene rings is 1. The number of amides is 1. The molecule has 1 amide bonds. The van der Waals surface area contributed by atoms with Crippen LogP contribution in [0.5, 0.6) is 5.75 Å². The van der Waals surface area contributed by atoms with Crippen LogP contribution in [0.3, 0.4) is 0 Å². The fraction of sp³-hybridized carbons (Fsp3) is 0.533. The van der Waals surface area contributed by atoms with Crippen LogP contribution in [0.2, 0.25) is 0 Å². The summed E-state index contributed by atoms with van der Waals surface area (Å²) in [4.78, 5) is 12.2. The summed E-state index contributed by atoms with van der Waals surface area (Å²) in [6, 6.07) is 7.93. The van der Waals surface area contributed by atoms with Gasteiger partial charge in [0, 0.05) is 5.54 Å². The predicted molar refractivity (Wildman–Crippen MR) is 71.6 cm³/mol. The summed E-state index contributed by atoms with van der Waals surface area (Å²) in [7, 11) is 0.